The predicted molar refractivity (Wildman–Crippen MR) is 108 cm³/mol. The molecule has 0 N–H and O–H groups in total. The van der Waals surface area contributed by atoms with Crippen molar-refractivity contribution in [1.29, 1.82) is 0 Å². The van der Waals surface area contributed by atoms with Gasteiger partial charge >= 0.3 is 0 Å². The molecule has 2 aliphatic heterocycles. The van der Waals surface area contributed by atoms with Crippen molar-refractivity contribution >= 4 is 11.8 Å². The predicted octanol–water partition coefficient (Wildman–Crippen LogP) is 1.01. The Bertz CT molecular complexity index is 693. The fraction of sp³-hybridized carbons (Fsp3) is 0.667. The van der Waals surface area contributed by atoms with Gasteiger partial charge in [-0.2, -0.15) is 0 Å². The lowest BCUT2D eigenvalue weighted by molar-refractivity contribution is -0.142. The molecular weight excluding hydrogens is 372 g/mol. The number of hydrogen-bond acceptors (Lipinski definition) is 6. The molecule has 1 aromatic rings. The number of piperidine rings is 1. The van der Waals surface area contributed by atoms with Gasteiger partial charge in [0.2, 0.25) is 11.8 Å². The summed E-state index contributed by atoms with van der Waals surface area (Å²) in [5.74, 6) is 0.811. The first kappa shape index (κ1) is 21.5. The van der Waals surface area contributed by atoms with E-state index in [1.54, 1.807) is 31.3 Å². The fourth-order valence-electron chi connectivity index (χ4n) is 3.94. The molecule has 0 radical (unpaired) electrons. The smallest absolute Gasteiger partial charge is 0.227 e. The quantitative estimate of drug-likeness (QED) is 0.644. The third-order valence-electron chi connectivity index (χ3n) is 5.65. The van der Waals surface area contributed by atoms with Crippen molar-refractivity contribution < 1.29 is 19.1 Å². The Hall–Kier alpha value is -2.19. The number of amides is 2. The van der Waals surface area contributed by atoms with Crippen LogP contribution < -0.4 is 4.74 Å². The molecule has 29 heavy (non-hydrogen) atoms. The minimum Gasteiger partial charge on any atom is -0.497 e. The van der Waals surface area contributed by atoms with Gasteiger partial charge in [0.25, 0.3) is 0 Å². The summed E-state index contributed by atoms with van der Waals surface area (Å²) in [6, 6.07) is 3.62. The third-order valence-corrected chi connectivity index (χ3v) is 5.65. The average Bonchev–Trinajstić information content (AvgIpc) is 2.75. The van der Waals surface area contributed by atoms with Crippen LogP contribution in [0.2, 0.25) is 0 Å². The molecule has 0 saturated carbocycles. The second kappa shape index (κ2) is 10.5. The Labute approximate surface area is 172 Å². The molecule has 0 aliphatic carbocycles. The molecule has 0 bridgehead atoms. The van der Waals surface area contributed by atoms with E-state index in [1.165, 1.54) is 0 Å². The fourth-order valence-corrected chi connectivity index (χ4v) is 3.94. The molecule has 2 aliphatic rings. The van der Waals surface area contributed by atoms with Crippen molar-refractivity contribution in [3.8, 4) is 5.75 Å². The third kappa shape index (κ3) is 6.14. The number of methoxy groups -OCH3 is 1. The van der Waals surface area contributed by atoms with Crippen LogP contribution in [0.1, 0.15) is 25.0 Å². The normalized spacial score (nSPS) is 20.6. The number of hydrogen-bond donors (Lipinski definition) is 0. The standard InChI is InChI=1S/C21H32N4O4/c1-23(16-18-14-19(28-2)6-7-22-18)21(27)17-4-5-20(26)25(15-17)9-3-8-24-10-12-29-13-11-24/h6-7,14,17H,3-5,8-13,15-16H2,1-2H3. The second-order valence-corrected chi connectivity index (χ2v) is 7.76. The van der Waals surface area contributed by atoms with E-state index >= 15 is 0 Å². The van der Waals surface area contributed by atoms with E-state index in [-0.39, 0.29) is 17.7 Å². The van der Waals surface area contributed by atoms with Gasteiger partial charge in [-0.25, -0.2) is 0 Å². The number of likely N-dealkylation sites (tertiary alicyclic amines) is 1. The zero-order valence-corrected chi connectivity index (χ0v) is 17.5. The highest BCUT2D eigenvalue weighted by atomic mass is 16.5. The largest absolute Gasteiger partial charge is 0.497 e. The van der Waals surface area contributed by atoms with Crippen LogP contribution in [0.25, 0.3) is 0 Å². The van der Waals surface area contributed by atoms with Crippen LogP contribution in [0.15, 0.2) is 18.3 Å². The number of nitrogens with zero attached hydrogens (tertiary/aromatic N) is 4. The minimum atomic E-state index is -0.147. The topological polar surface area (TPSA) is 75.2 Å². The Kier molecular flexibility index (Phi) is 7.83. The molecule has 1 aromatic heterocycles. The molecule has 3 rings (SSSR count). The molecule has 0 aromatic carbocycles. The zero-order valence-electron chi connectivity index (χ0n) is 17.5. The summed E-state index contributed by atoms with van der Waals surface area (Å²) in [7, 11) is 3.41. The van der Waals surface area contributed by atoms with Gasteiger partial charge in [-0.05, 0) is 18.9 Å². The summed E-state index contributed by atoms with van der Waals surface area (Å²) in [6.07, 6.45) is 3.67. The van der Waals surface area contributed by atoms with Gasteiger partial charge in [0, 0.05) is 58.5 Å². The molecule has 8 nitrogen and oxygen atoms in total. The minimum absolute atomic E-state index is 0.0697. The summed E-state index contributed by atoms with van der Waals surface area (Å²) in [4.78, 5) is 35.5. The Morgan fingerprint density at radius 2 is 2.14 bits per heavy atom. The lowest BCUT2D eigenvalue weighted by Gasteiger charge is -2.34. The average molecular weight is 405 g/mol. The Morgan fingerprint density at radius 3 is 2.90 bits per heavy atom. The first-order valence-corrected chi connectivity index (χ1v) is 10.4. The highest BCUT2D eigenvalue weighted by Gasteiger charge is 2.31. The molecule has 1 unspecified atom stereocenters. The highest BCUT2D eigenvalue weighted by molar-refractivity contribution is 5.83. The molecule has 3 heterocycles. The van der Waals surface area contributed by atoms with Crippen LogP contribution in [0, 0.1) is 5.92 Å². The first-order chi connectivity index (χ1) is 14.1. The van der Waals surface area contributed by atoms with Crippen LogP contribution in [-0.2, 0) is 20.9 Å². The summed E-state index contributed by atoms with van der Waals surface area (Å²) < 4.78 is 10.6. The van der Waals surface area contributed by atoms with Gasteiger partial charge in [-0.15, -0.1) is 0 Å². The van der Waals surface area contributed by atoms with Gasteiger partial charge in [0.15, 0.2) is 0 Å². The second-order valence-electron chi connectivity index (χ2n) is 7.76. The molecular formula is C21H32N4O4. The van der Waals surface area contributed by atoms with Crippen LogP contribution in [0.3, 0.4) is 0 Å². The first-order valence-electron chi connectivity index (χ1n) is 10.4. The lowest BCUT2D eigenvalue weighted by atomic mass is 9.96. The van der Waals surface area contributed by atoms with Crippen LogP contribution in [-0.4, -0.2) is 91.6 Å². The van der Waals surface area contributed by atoms with Crippen molar-refractivity contribution in [2.75, 3.05) is 60.1 Å². The molecule has 1 atom stereocenters. The van der Waals surface area contributed by atoms with Gasteiger partial charge in [-0.3, -0.25) is 19.5 Å². The number of aromatic nitrogens is 1. The van der Waals surface area contributed by atoms with Crippen molar-refractivity contribution in [2.24, 2.45) is 5.92 Å². The highest BCUT2D eigenvalue weighted by Crippen LogP contribution is 2.21. The zero-order chi connectivity index (χ0) is 20.6. The Morgan fingerprint density at radius 1 is 1.34 bits per heavy atom. The summed E-state index contributed by atoms with van der Waals surface area (Å²) >= 11 is 0. The van der Waals surface area contributed by atoms with Crippen molar-refractivity contribution in [3.05, 3.63) is 24.0 Å². The number of pyridine rings is 1. The van der Waals surface area contributed by atoms with Crippen molar-refractivity contribution in [2.45, 2.75) is 25.8 Å². The number of ether oxygens (including phenoxy) is 2. The van der Waals surface area contributed by atoms with E-state index in [0.717, 1.165) is 50.7 Å². The van der Waals surface area contributed by atoms with Crippen LogP contribution >= 0.6 is 0 Å². The van der Waals surface area contributed by atoms with E-state index in [1.807, 2.05) is 11.0 Å². The van der Waals surface area contributed by atoms with Crippen LogP contribution in [0.4, 0.5) is 0 Å². The lowest BCUT2D eigenvalue weighted by Crippen LogP contribution is -2.47. The molecule has 2 saturated heterocycles. The SMILES string of the molecule is COc1ccnc(CN(C)C(=O)C2CCC(=O)N(CCCN3CCOCC3)C2)c1. The van der Waals surface area contributed by atoms with Crippen LogP contribution in [0.5, 0.6) is 5.75 Å². The van der Waals surface area contributed by atoms with Crippen molar-refractivity contribution in [3.63, 3.8) is 0 Å². The number of carbonyl (C=O) groups excluding carboxylic acids is 2. The van der Waals surface area contributed by atoms with Gasteiger partial charge in [-0.1, -0.05) is 0 Å². The monoisotopic (exact) mass is 404 g/mol. The van der Waals surface area contributed by atoms with Gasteiger partial charge in [0.1, 0.15) is 5.75 Å². The Balaban J connectivity index is 1.48. The number of carbonyl (C=O) groups is 2. The molecule has 160 valence electrons. The maximum absolute atomic E-state index is 12.9. The maximum atomic E-state index is 12.9. The molecule has 2 amide bonds. The molecule has 8 heteroatoms. The van der Waals surface area contributed by atoms with E-state index in [2.05, 4.69) is 9.88 Å². The summed E-state index contributed by atoms with van der Waals surface area (Å²) in [5.41, 5.74) is 0.787. The van der Waals surface area contributed by atoms with E-state index in [4.69, 9.17) is 9.47 Å². The summed E-state index contributed by atoms with van der Waals surface area (Å²) in [5, 5.41) is 0. The maximum Gasteiger partial charge on any atom is 0.227 e. The molecule has 0 spiro atoms. The number of rotatable bonds is 8. The number of morpholine rings is 1. The van der Waals surface area contributed by atoms with Gasteiger partial charge in [0.05, 0.1) is 38.5 Å². The molecule has 2 fully saturated rings. The summed E-state index contributed by atoms with van der Waals surface area (Å²) in [6.45, 7) is 6.10. The van der Waals surface area contributed by atoms with E-state index in [0.29, 0.717) is 32.5 Å². The van der Waals surface area contributed by atoms with E-state index in [9.17, 15) is 9.59 Å². The van der Waals surface area contributed by atoms with Gasteiger partial charge < -0.3 is 19.3 Å². The van der Waals surface area contributed by atoms with Crippen molar-refractivity contribution in [1.82, 2.24) is 19.7 Å². The van der Waals surface area contributed by atoms with E-state index < -0.39 is 0 Å².